The SMILES string of the molecule is CCCCC/C=C\C/C=C\C/C=C\C(CCCCCCCC(=O)NCC(=O)NC(CO)C(=O)O)OC(=O)CCCCCCCCCCCCCC. The van der Waals surface area contributed by atoms with E-state index in [0.29, 0.717) is 12.8 Å². The molecule has 0 aliphatic rings. The highest BCUT2D eigenvalue weighted by molar-refractivity contribution is 5.87. The Balaban J connectivity index is 4.42. The fourth-order valence-electron chi connectivity index (χ4n) is 5.70. The molecule has 4 N–H and O–H groups in total. The fraction of sp³-hybridized carbons (Fsp3) is 0.762. The molecule has 9 nitrogen and oxygen atoms in total. The van der Waals surface area contributed by atoms with E-state index >= 15 is 0 Å². The number of ether oxygens (including phenoxy) is 1. The van der Waals surface area contributed by atoms with Gasteiger partial charge in [-0.15, -0.1) is 0 Å². The molecular formula is C42H74N2O7. The van der Waals surface area contributed by atoms with E-state index < -0.39 is 24.5 Å². The number of hydrogen-bond donors (Lipinski definition) is 4. The normalized spacial score (nSPS) is 12.8. The maximum atomic E-state index is 12.7. The number of esters is 1. The van der Waals surface area contributed by atoms with Gasteiger partial charge in [-0.05, 0) is 57.4 Å². The summed E-state index contributed by atoms with van der Waals surface area (Å²) in [6.45, 7) is 3.42. The average Bonchev–Trinajstić information content (AvgIpc) is 3.11. The number of aliphatic hydroxyl groups excluding tert-OH is 1. The molecule has 0 heterocycles. The van der Waals surface area contributed by atoms with Crippen molar-refractivity contribution in [2.45, 2.75) is 193 Å². The van der Waals surface area contributed by atoms with E-state index in [-0.39, 0.29) is 30.9 Å². The first-order chi connectivity index (χ1) is 24.8. The molecule has 294 valence electrons. The number of aliphatic carboxylic acids is 1. The van der Waals surface area contributed by atoms with Crippen LogP contribution < -0.4 is 10.6 Å². The predicted molar refractivity (Wildman–Crippen MR) is 208 cm³/mol. The second kappa shape index (κ2) is 36.8. The molecule has 0 aromatic heterocycles. The molecule has 0 rings (SSSR count). The van der Waals surface area contributed by atoms with E-state index in [9.17, 15) is 19.2 Å². The summed E-state index contributed by atoms with van der Waals surface area (Å²) in [4.78, 5) is 47.4. The van der Waals surface area contributed by atoms with Gasteiger partial charge in [-0.1, -0.05) is 147 Å². The predicted octanol–water partition coefficient (Wildman–Crippen LogP) is 9.43. The van der Waals surface area contributed by atoms with Crippen molar-refractivity contribution in [1.29, 1.82) is 0 Å². The summed E-state index contributed by atoms with van der Waals surface area (Å²) in [5.74, 6) is -2.39. The van der Waals surface area contributed by atoms with Crippen molar-refractivity contribution in [3.63, 3.8) is 0 Å². The minimum absolute atomic E-state index is 0.116. The van der Waals surface area contributed by atoms with Gasteiger partial charge in [-0.2, -0.15) is 0 Å². The highest BCUT2D eigenvalue weighted by Gasteiger charge is 2.18. The zero-order valence-corrected chi connectivity index (χ0v) is 32.4. The molecule has 9 heteroatoms. The van der Waals surface area contributed by atoms with Crippen molar-refractivity contribution < 1.29 is 34.1 Å². The third-order valence-electron chi connectivity index (χ3n) is 8.87. The van der Waals surface area contributed by atoms with E-state index in [1.807, 2.05) is 6.08 Å². The standard InChI is InChI=1S/C42H74N2O7/c1-3-5-7-9-11-13-15-17-19-21-26-30-34-41(48)51-37(31-27-23-20-18-16-14-12-10-8-6-4-2)32-28-24-22-25-29-33-39(46)43-35-40(47)44-38(36-45)42(49)50/h12,14,18,20,27,31,37-38,45H,3-11,13,15-17,19,21-26,28-30,32-36H2,1-2H3,(H,43,46)(H,44,47)(H,49,50)/b14-12-,20-18-,31-27-. The summed E-state index contributed by atoms with van der Waals surface area (Å²) >= 11 is 0. The summed E-state index contributed by atoms with van der Waals surface area (Å²) in [5.41, 5.74) is 0. The summed E-state index contributed by atoms with van der Waals surface area (Å²) in [7, 11) is 0. The van der Waals surface area contributed by atoms with E-state index in [0.717, 1.165) is 64.2 Å². The summed E-state index contributed by atoms with van der Waals surface area (Å²) < 4.78 is 5.90. The summed E-state index contributed by atoms with van der Waals surface area (Å²) in [6, 6.07) is -1.39. The van der Waals surface area contributed by atoms with Gasteiger partial charge in [0, 0.05) is 12.8 Å². The van der Waals surface area contributed by atoms with Gasteiger partial charge in [-0.3, -0.25) is 14.4 Å². The van der Waals surface area contributed by atoms with Crippen LogP contribution in [0.3, 0.4) is 0 Å². The zero-order chi connectivity index (χ0) is 37.6. The Hall–Kier alpha value is -2.94. The quantitative estimate of drug-likeness (QED) is 0.0287. The van der Waals surface area contributed by atoms with Crippen LogP contribution in [0.1, 0.15) is 181 Å². The van der Waals surface area contributed by atoms with Gasteiger partial charge in [0.15, 0.2) is 0 Å². The Bertz CT molecular complexity index is 963. The first kappa shape index (κ1) is 48.1. The van der Waals surface area contributed by atoms with Gasteiger partial charge in [-0.25, -0.2) is 4.79 Å². The third-order valence-corrected chi connectivity index (χ3v) is 8.87. The Kier molecular flexibility index (Phi) is 34.7. The van der Waals surface area contributed by atoms with Crippen molar-refractivity contribution >= 4 is 23.8 Å². The number of carbonyl (C=O) groups excluding carboxylic acids is 3. The number of allylic oxidation sites excluding steroid dienone is 5. The minimum Gasteiger partial charge on any atom is -0.480 e. The number of carbonyl (C=O) groups is 4. The molecule has 2 atom stereocenters. The van der Waals surface area contributed by atoms with E-state index in [1.54, 1.807) is 0 Å². The Labute approximate surface area is 310 Å². The van der Waals surface area contributed by atoms with Gasteiger partial charge in [0.2, 0.25) is 11.8 Å². The van der Waals surface area contributed by atoms with Gasteiger partial charge in [0.05, 0.1) is 13.2 Å². The molecule has 0 aromatic rings. The smallest absolute Gasteiger partial charge is 0.328 e. The molecule has 0 saturated heterocycles. The van der Waals surface area contributed by atoms with Crippen LogP contribution in [0, 0.1) is 0 Å². The molecule has 0 radical (unpaired) electrons. The molecular weight excluding hydrogens is 644 g/mol. The van der Waals surface area contributed by atoms with Crippen LogP contribution >= 0.6 is 0 Å². The number of amides is 2. The van der Waals surface area contributed by atoms with E-state index in [4.69, 9.17) is 14.9 Å². The summed E-state index contributed by atoms with van der Waals surface area (Å²) in [5, 5.41) is 22.5. The molecule has 0 aliphatic carbocycles. The molecule has 2 amide bonds. The lowest BCUT2D eigenvalue weighted by molar-refractivity contribution is -0.147. The number of unbranched alkanes of at least 4 members (excludes halogenated alkanes) is 18. The second-order valence-electron chi connectivity index (χ2n) is 13.7. The van der Waals surface area contributed by atoms with Gasteiger partial charge < -0.3 is 25.6 Å². The van der Waals surface area contributed by atoms with Gasteiger partial charge in [0.25, 0.3) is 0 Å². The van der Waals surface area contributed by atoms with Crippen LogP contribution in [-0.2, 0) is 23.9 Å². The molecule has 0 aliphatic heterocycles. The van der Waals surface area contributed by atoms with Gasteiger partial charge >= 0.3 is 11.9 Å². The lowest BCUT2D eigenvalue weighted by Gasteiger charge is -2.15. The molecule has 51 heavy (non-hydrogen) atoms. The highest BCUT2D eigenvalue weighted by atomic mass is 16.5. The lowest BCUT2D eigenvalue weighted by Crippen LogP contribution is -2.47. The van der Waals surface area contributed by atoms with Crippen LogP contribution in [0.15, 0.2) is 36.5 Å². The van der Waals surface area contributed by atoms with Crippen LogP contribution in [0.25, 0.3) is 0 Å². The lowest BCUT2D eigenvalue weighted by atomic mass is 10.0. The second-order valence-corrected chi connectivity index (χ2v) is 13.7. The van der Waals surface area contributed by atoms with E-state index in [2.05, 4.69) is 54.9 Å². The van der Waals surface area contributed by atoms with Crippen molar-refractivity contribution in [2.24, 2.45) is 0 Å². The van der Waals surface area contributed by atoms with Crippen molar-refractivity contribution in [3.05, 3.63) is 36.5 Å². The van der Waals surface area contributed by atoms with Crippen LogP contribution in [0.4, 0.5) is 0 Å². The van der Waals surface area contributed by atoms with E-state index in [1.165, 1.54) is 83.5 Å². The fourth-order valence-corrected chi connectivity index (χ4v) is 5.70. The maximum absolute atomic E-state index is 12.7. The Morgan fingerprint density at radius 3 is 1.71 bits per heavy atom. The third kappa shape index (κ3) is 33.9. The number of rotatable bonds is 36. The highest BCUT2D eigenvalue weighted by Crippen LogP contribution is 2.15. The van der Waals surface area contributed by atoms with Crippen molar-refractivity contribution in [1.82, 2.24) is 10.6 Å². The number of aliphatic hydroxyl groups is 1. The molecule has 0 aromatic carbocycles. The summed E-state index contributed by atoms with van der Waals surface area (Å²) in [6.07, 6.45) is 40.4. The topological polar surface area (TPSA) is 142 Å². The number of carboxylic acids is 1. The zero-order valence-electron chi connectivity index (χ0n) is 32.4. The molecule has 0 saturated carbocycles. The molecule has 0 fully saturated rings. The molecule has 0 spiro atoms. The largest absolute Gasteiger partial charge is 0.480 e. The van der Waals surface area contributed by atoms with Crippen LogP contribution in [0.2, 0.25) is 0 Å². The van der Waals surface area contributed by atoms with Crippen LogP contribution in [-0.4, -0.2) is 59.3 Å². The average molecular weight is 719 g/mol. The Morgan fingerprint density at radius 1 is 0.608 bits per heavy atom. The van der Waals surface area contributed by atoms with Gasteiger partial charge in [0.1, 0.15) is 12.1 Å². The monoisotopic (exact) mass is 719 g/mol. The molecule has 0 bridgehead atoms. The number of carboxylic acid groups (broad SMARTS) is 1. The maximum Gasteiger partial charge on any atom is 0.328 e. The molecule has 2 unspecified atom stereocenters. The number of nitrogens with one attached hydrogen (secondary N) is 2. The minimum atomic E-state index is -1.39. The van der Waals surface area contributed by atoms with Crippen molar-refractivity contribution in [3.8, 4) is 0 Å². The van der Waals surface area contributed by atoms with Crippen LogP contribution in [0.5, 0.6) is 0 Å². The van der Waals surface area contributed by atoms with Crippen molar-refractivity contribution in [2.75, 3.05) is 13.2 Å². The number of hydrogen-bond acceptors (Lipinski definition) is 6. The first-order valence-corrected chi connectivity index (χ1v) is 20.4. The Morgan fingerprint density at radius 2 is 1.12 bits per heavy atom. The first-order valence-electron chi connectivity index (χ1n) is 20.4.